The largest absolute Gasteiger partial charge is 0.459 e. The number of fused-ring (bicyclic) bond motifs is 2. The number of aromatic nitrogens is 1. The van der Waals surface area contributed by atoms with Crippen LogP contribution in [0.2, 0.25) is 0 Å². The molecule has 1 aromatic carbocycles. The summed E-state index contributed by atoms with van der Waals surface area (Å²) < 4.78 is 39.7. The molecule has 1 N–H and O–H groups in total. The van der Waals surface area contributed by atoms with Crippen LogP contribution < -0.4 is 5.32 Å². The number of nitrogens with zero attached hydrogens (tertiary/aromatic N) is 1. The zero-order valence-corrected chi connectivity index (χ0v) is 14.7. The van der Waals surface area contributed by atoms with Crippen LogP contribution >= 0.6 is 0 Å². The summed E-state index contributed by atoms with van der Waals surface area (Å²) in [6, 6.07) is 4.30. The van der Waals surface area contributed by atoms with Gasteiger partial charge in [0, 0.05) is 18.0 Å². The van der Waals surface area contributed by atoms with E-state index in [1.807, 2.05) is 0 Å². The summed E-state index contributed by atoms with van der Waals surface area (Å²) in [5, 5.41) is 7.36. The van der Waals surface area contributed by atoms with Gasteiger partial charge in [-0.3, -0.25) is 0 Å². The highest BCUT2D eigenvalue weighted by molar-refractivity contribution is 5.97. The van der Waals surface area contributed by atoms with Crippen LogP contribution in [-0.4, -0.2) is 29.3 Å². The van der Waals surface area contributed by atoms with Gasteiger partial charge < -0.3 is 14.6 Å². The Morgan fingerprint density at radius 3 is 2.41 bits per heavy atom. The van der Waals surface area contributed by atoms with Crippen LogP contribution in [0.5, 0.6) is 0 Å². The highest BCUT2D eigenvalue weighted by atomic mass is 19.1. The molecule has 2 saturated heterocycles. The minimum Gasteiger partial charge on any atom is -0.459 e. The van der Waals surface area contributed by atoms with Gasteiger partial charge in [0.25, 0.3) is 0 Å². The molecule has 1 saturated carbocycles. The summed E-state index contributed by atoms with van der Waals surface area (Å²) >= 11 is 0. The highest BCUT2D eigenvalue weighted by Crippen LogP contribution is 2.45. The Bertz CT molecular complexity index is 861. The van der Waals surface area contributed by atoms with Gasteiger partial charge >= 0.3 is 5.97 Å². The maximum absolute atomic E-state index is 14.3. The third-order valence-electron chi connectivity index (χ3n) is 5.77. The van der Waals surface area contributed by atoms with Crippen LogP contribution in [0.1, 0.15) is 60.6 Å². The summed E-state index contributed by atoms with van der Waals surface area (Å²) in [5.74, 6) is -1.70. The highest BCUT2D eigenvalue weighted by Gasteiger charge is 2.40. The first-order valence-corrected chi connectivity index (χ1v) is 9.51. The number of esters is 1. The number of hydrogen-bond acceptors (Lipinski definition) is 5. The lowest BCUT2D eigenvalue weighted by Gasteiger charge is -2.28. The zero-order valence-electron chi connectivity index (χ0n) is 14.7. The average Bonchev–Trinajstić information content (AvgIpc) is 3.30. The zero-order chi connectivity index (χ0) is 18.5. The van der Waals surface area contributed by atoms with Gasteiger partial charge in [0.2, 0.25) is 0 Å². The molecule has 2 bridgehead atoms. The lowest BCUT2D eigenvalue weighted by Crippen LogP contribution is -2.42. The Balaban J connectivity index is 1.49. The molecule has 3 fully saturated rings. The minimum absolute atomic E-state index is 0.0628. The van der Waals surface area contributed by atoms with Gasteiger partial charge in [-0.15, -0.1) is 0 Å². The molecule has 2 aliphatic heterocycles. The van der Waals surface area contributed by atoms with Crippen LogP contribution in [0.4, 0.5) is 8.78 Å². The van der Waals surface area contributed by atoms with Crippen molar-refractivity contribution in [1.82, 2.24) is 10.5 Å². The van der Waals surface area contributed by atoms with Crippen molar-refractivity contribution in [2.75, 3.05) is 0 Å². The van der Waals surface area contributed by atoms with Gasteiger partial charge in [0.05, 0.1) is 5.56 Å². The van der Waals surface area contributed by atoms with E-state index < -0.39 is 17.6 Å². The second-order valence-corrected chi connectivity index (χ2v) is 7.78. The smallest absolute Gasteiger partial charge is 0.344 e. The minimum atomic E-state index is -0.778. The van der Waals surface area contributed by atoms with E-state index in [1.165, 1.54) is 6.07 Å². The average molecular weight is 374 g/mol. The number of carbonyl (C=O) groups excluding carboxylic acids is 1. The monoisotopic (exact) mass is 374 g/mol. The molecule has 7 heteroatoms. The first-order chi connectivity index (χ1) is 13.1. The molecule has 142 valence electrons. The molecule has 2 aromatic rings. The fraction of sp³-hybridized carbons (Fsp3) is 0.500. The number of ether oxygens (including phenoxy) is 1. The number of carbonyl (C=O) groups is 1. The lowest BCUT2D eigenvalue weighted by atomic mass is 10.0. The molecular formula is C20H20F2N2O3. The topological polar surface area (TPSA) is 64.4 Å². The molecule has 27 heavy (non-hydrogen) atoms. The van der Waals surface area contributed by atoms with Crippen LogP contribution in [0.25, 0.3) is 11.3 Å². The molecular weight excluding hydrogens is 354 g/mol. The van der Waals surface area contributed by atoms with Gasteiger partial charge in [-0.05, 0) is 50.7 Å². The molecule has 1 aliphatic carbocycles. The van der Waals surface area contributed by atoms with E-state index in [4.69, 9.17) is 9.26 Å². The molecule has 0 spiro atoms. The summed E-state index contributed by atoms with van der Waals surface area (Å²) in [6.45, 7) is 0. The van der Waals surface area contributed by atoms with Crippen molar-refractivity contribution < 1.29 is 22.8 Å². The summed E-state index contributed by atoms with van der Waals surface area (Å²) in [4.78, 5) is 13.0. The number of benzene rings is 1. The Morgan fingerprint density at radius 2 is 1.78 bits per heavy atom. The number of nitrogens with one attached hydrogen (secondary N) is 1. The van der Waals surface area contributed by atoms with E-state index in [0.29, 0.717) is 17.8 Å². The standard InChI is InChI=1S/C20H20F2N2O3/c21-14-2-1-3-15(22)16(14)18-17(19(27-24-18)10-4-5-10)20(25)26-13-8-11-6-7-12(9-13)23-11/h1-3,10-13,23H,4-9H2/t11-,12+,13-. The van der Waals surface area contributed by atoms with Crippen LogP contribution in [0.15, 0.2) is 22.7 Å². The summed E-state index contributed by atoms with van der Waals surface area (Å²) in [5.41, 5.74) is -0.368. The molecule has 3 atom stereocenters. The number of hydrogen-bond donors (Lipinski definition) is 1. The third kappa shape index (κ3) is 3.04. The quantitative estimate of drug-likeness (QED) is 0.822. The van der Waals surface area contributed by atoms with E-state index in [9.17, 15) is 13.6 Å². The first-order valence-electron chi connectivity index (χ1n) is 9.51. The van der Waals surface area contributed by atoms with Crippen molar-refractivity contribution in [3.63, 3.8) is 0 Å². The molecule has 0 unspecified atom stereocenters. The van der Waals surface area contributed by atoms with Gasteiger partial charge in [-0.1, -0.05) is 11.2 Å². The van der Waals surface area contributed by atoms with Crippen molar-refractivity contribution in [3.8, 4) is 11.3 Å². The van der Waals surface area contributed by atoms with Crippen molar-refractivity contribution in [2.45, 2.75) is 62.6 Å². The molecule has 1 aromatic heterocycles. The number of halogens is 2. The second kappa shape index (κ2) is 6.41. The molecule has 3 aliphatic rings. The Labute approximate surface area is 155 Å². The predicted molar refractivity (Wildman–Crippen MR) is 92.2 cm³/mol. The lowest BCUT2D eigenvalue weighted by molar-refractivity contribution is 0.0175. The van der Waals surface area contributed by atoms with Gasteiger partial charge in [0.15, 0.2) is 5.76 Å². The third-order valence-corrected chi connectivity index (χ3v) is 5.77. The van der Waals surface area contributed by atoms with Crippen LogP contribution in [0, 0.1) is 11.6 Å². The molecule has 5 rings (SSSR count). The SMILES string of the molecule is O=C(O[C@@H]1C[C@H]2CC[C@@H](C1)N2)c1c(-c2c(F)cccc2F)noc1C1CC1. The predicted octanol–water partition coefficient (Wildman–Crippen LogP) is 3.94. The first kappa shape index (κ1) is 16.9. The fourth-order valence-electron chi connectivity index (χ4n) is 4.33. The summed E-state index contributed by atoms with van der Waals surface area (Å²) in [7, 11) is 0. The van der Waals surface area contributed by atoms with Crippen molar-refractivity contribution in [3.05, 3.63) is 41.2 Å². The Morgan fingerprint density at radius 1 is 1.11 bits per heavy atom. The second-order valence-electron chi connectivity index (χ2n) is 7.78. The Kier molecular flexibility index (Phi) is 4.00. The summed E-state index contributed by atoms with van der Waals surface area (Å²) in [6.07, 6.45) is 5.23. The van der Waals surface area contributed by atoms with E-state index in [-0.39, 0.29) is 28.8 Å². The van der Waals surface area contributed by atoms with Crippen molar-refractivity contribution in [2.24, 2.45) is 0 Å². The molecule has 5 nitrogen and oxygen atoms in total. The van der Waals surface area contributed by atoms with Gasteiger partial charge in [-0.2, -0.15) is 0 Å². The Hall–Kier alpha value is -2.28. The fourth-order valence-corrected chi connectivity index (χ4v) is 4.33. The molecule has 0 radical (unpaired) electrons. The molecule has 0 amide bonds. The van der Waals surface area contributed by atoms with Crippen molar-refractivity contribution in [1.29, 1.82) is 0 Å². The van der Waals surface area contributed by atoms with E-state index in [0.717, 1.165) is 50.7 Å². The number of piperidine rings is 1. The van der Waals surface area contributed by atoms with E-state index >= 15 is 0 Å². The molecule has 3 heterocycles. The van der Waals surface area contributed by atoms with Crippen molar-refractivity contribution >= 4 is 5.97 Å². The van der Waals surface area contributed by atoms with E-state index in [2.05, 4.69) is 10.5 Å². The van der Waals surface area contributed by atoms with Gasteiger partial charge in [-0.25, -0.2) is 13.6 Å². The van der Waals surface area contributed by atoms with Crippen LogP contribution in [-0.2, 0) is 4.74 Å². The maximum Gasteiger partial charge on any atom is 0.344 e. The normalized spacial score (nSPS) is 27.0. The van der Waals surface area contributed by atoms with E-state index in [1.54, 1.807) is 0 Å². The van der Waals surface area contributed by atoms with Crippen LogP contribution in [0.3, 0.4) is 0 Å². The number of rotatable bonds is 4. The van der Waals surface area contributed by atoms with Gasteiger partial charge in [0.1, 0.15) is 29.0 Å². The maximum atomic E-state index is 14.3.